The lowest BCUT2D eigenvalue weighted by molar-refractivity contribution is 0.510. The molecule has 2 aliphatic heterocycles. The SMILES string of the molecule is c1ccc2c(c1)N=C1CCC3CCCCNC3=C12. The van der Waals surface area contributed by atoms with Crippen LogP contribution in [0, 0.1) is 5.92 Å². The second-order valence-corrected chi connectivity index (χ2v) is 5.52. The van der Waals surface area contributed by atoms with E-state index in [0.717, 1.165) is 18.9 Å². The minimum absolute atomic E-state index is 0.743. The Balaban J connectivity index is 1.90. The average Bonchev–Trinajstić information content (AvgIpc) is 2.61. The molecule has 0 aromatic heterocycles. The zero-order valence-electron chi connectivity index (χ0n) is 10.6. The summed E-state index contributed by atoms with van der Waals surface area (Å²) in [5.41, 5.74) is 6.76. The molecule has 18 heavy (non-hydrogen) atoms. The Hall–Kier alpha value is -1.57. The zero-order valence-corrected chi connectivity index (χ0v) is 10.6. The fraction of sp³-hybridized carbons (Fsp3) is 0.438. The van der Waals surface area contributed by atoms with Crippen molar-refractivity contribution in [1.82, 2.24) is 5.32 Å². The molecule has 1 atom stereocenters. The van der Waals surface area contributed by atoms with Crippen LogP contribution in [0.2, 0.25) is 0 Å². The monoisotopic (exact) mass is 238 g/mol. The van der Waals surface area contributed by atoms with Crippen molar-refractivity contribution in [2.24, 2.45) is 10.9 Å². The number of rotatable bonds is 0. The van der Waals surface area contributed by atoms with Crippen LogP contribution in [0.1, 0.15) is 37.7 Å². The summed E-state index contributed by atoms with van der Waals surface area (Å²) in [6, 6.07) is 8.58. The predicted octanol–water partition coefficient (Wildman–Crippen LogP) is 3.67. The second kappa shape index (κ2) is 3.98. The largest absolute Gasteiger partial charge is 0.388 e. The van der Waals surface area contributed by atoms with E-state index >= 15 is 0 Å². The van der Waals surface area contributed by atoms with Crippen LogP contribution in [-0.4, -0.2) is 12.3 Å². The van der Waals surface area contributed by atoms with Crippen molar-refractivity contribution in [3.05, 3.63) is 35.5 Å². The normalized spacial score (nSPS) is 25.6. The molecule has 2 nitrogen and oxygen atoms in total. The van der Waals surface area contributed by atoms with Crippen molar-refractivity contribution in [3.63, 3.8) is 0 Å². The molecule has 1 aromatic carbocycles. The number of hydrogen-bond donors (Lipinski definition) is 1. The van der Waals surface area contributed by atoms with Gasteiger partial charge in [-0.25, -0.2) is 0 Å². The fourth-order valence-corrected chi connectivity index (χ4v) is 3.54. The fourth-order valence-electron chi connectivity index (χ4n) is 3.54. The van der Waals surface area contributed by atoms with E-state index in [1.165, 1.54) is 53.9 Å². The second-order valence-electron chi connectivity index (χ2n) is 5.52. The predicted molar refractivity (Wildman–Crippen MR) is 75.0 cm³/mol. The summed E-state index contributed by atoms with van der Waals surface area (Å²) in [7, 11) is 0. The summed E-state index contributed by atoms with van der Waals surface area (Å²) >= 11 is 0. The Morgan fingerprint density at radius 3 is 3.06 bits per heavy atom. The highest BCUT2D eigenvalue weighted by atomic mass is 14.9. The molecule has 2 heterocycles. The summed E-state index contributed by atoms with van der Waals surface area (Å²) in [5.74, 6) is 0.743. The maximum atomic E-state index is 4.81. The molecule has 0 bridgehead atoms. The lowest BCUT2D eigenvalue weighted by atomic mass is 9.82. The van der Waals surface area contributed by atoms with E-state index in [0.29, 0.717) is 0 Å². The summed E-state index contributed by atoms with van der Waals surface area (Å²) in [6.07, 6.45) is 6.45. The third-order valence-corrected chi connectivity index (χ3v) is 4.42. The molecule has 92 valence electrons. The summed E-state index contributed by atoms with van der Waals surface area (Å²) in [6.45, 7) is 1.13. The number of allylic oxidation sites excluding steroid dienone is 2. The Morgan fingerprint density at radius 1 is 1.11 bits per heavy atom. The van der Waals surface area contributed by atoms with E-state index < -0.39 is 0 Å². The molecule has 1 fully saturated rings. The maximum absolute atomic E-state index is 4.81. The van der Waals surface area contributed by atoms with Crippen LogP contribution < -0.4 is 5.32 Å². The van der Waals surface area contributed by atoms with E-state index in [9.17, 15) is 0 Å². The third kappa shape index (κ3) is 1.45. The molecule has 1 unspecified atom stereocenters. The maximum Gasteiger partial charge on any atom is 0.0712 e. The van der Waals surface area contributed by atoms with Gasteiger partial charge in [0.25, 0.3) is 0 Å². The van der Waals surface area contributed by atoms with Crippen LogP contribution in [0.3, 0.4) is 0 Å². The van der Waals surface area contributed by atoms with Gasteiger partial charge in [-0.3, -0.25) is 4.99 Å². The van der Waals surface area contributed by atoms with E-state index in [-0.39, 0.29) is 0 Å². The average molecular weight is 238 g/mol. The van der Waals surface area contributed by atoms with Gasteiger partial charge in [-0.1, -0.05) is 24.6 Å². The third-order valence-electron chi connectivity index (χ3n) is 4.42. The number of fused-ring (bicyclic) bond motifs is 4. The van der Waals surface area contributed by atoms with Gasteiger partial charge in [0, 0.05) is 23.4 Å². The highest BCUT2D eigenvalue weighted by molar-refractivity contribution is 6.30. The lowest BCUT2D eigenvalue weighted by Gasteiger charge is -2.27. The van der Waals surface area contributed by atoms with E-state index in [1.807, 2.05) is 0 Å². The number of hydrogen-bond acceptors (Lipinski definition) is 2. The smallest absolute Gasteiger partial charge is 0.0712 e. The Labute approximate surface area is 108 Å². The van der Waals surface area contributed by atoms with E-state index in [4.69, 9.17) is 4.99 Å². The van der Waals surface area contributed by atoms with Crippen LogP contribution in [0.25, 0.3) is 5.57 Å². The Bertz CT molecular complexity index is 554. The van der Waals surface area contributed by atoms with Crippen LogP contribution in [0.15, 0.2) is 35.0 Å². The lowest BCUT2D eigenvalue weighted by Crippen LogP contribution is -2.26. The Kier molecular flexibility index (Phi) is 2.29. The van der Waals surface area contributed by atoms with Crippen molar-refractivity contribution in [3.8, 4) is 0 Å². The number of para-hydroxylation sites is 1. The van der Waals surface area contributed by atoms with Crippen molar-refractivity contribution >= 4 is 17.0 Å². The molecule has 1 saturated heterocycles. The summed E-state index contributed by atoms with van der Waals surface area (Å²) < 4.78 is 0. The van der Waals surface area contributed by atoms with Crippen molar-refractivity contribution in [1.29, 1.82) is 0 Å². The first-order valence-corrected chi connectivity index (χ1v) is 7.09. The first-order chi connectivity index (χ1) is 8.93. The molecule has 1 aliphatic carbocycles. The van der Waals surface area contributed by atoms with Crippen molar-refractivity contribution < 1.29 is 0 Å². The van der Waals surface area contributed by atoms with E-state index in [2.05, 4.69) is 29.6 Å². The minimum atomic E-state index is 0.743. The van der Waals surface area contributed by atoms with Gasteiger partial charge in [-0.15, -0.1) is 0 Å². The molecule has 2 heteroatoms. The van der Waals surface area contributed by atoms with Gasteiger partial charge in [0.1, 0.15) is 0 Å². The molecule has 0 spiro atoms. The highest BCUT2D eigenvalue weighted by Crippen LogP contribution is 2.44. The van der Waals surface area contributed by atoms with Crippen molar-refractivity contribution in [2.45, 2.75) is 32.1 Å². The van der Waals surface area contributed by atoms with Gasteiger partial charge in [0.05, 0.1) is 11.4 Å². The molecule has 1 aromatic rings. The molecular formula is C16H18N2. The first-order valence-electron chi connectivity index (χ1n) is 7.09. The number of aliphatic imine (C=N–C) groups is 1. The van der Waals surface area contributed by atoms with Crippen LogP contribution >= 0.6 is 0 Å². The van der Waals surface area contributed by atoms with Crippen LogP contribution in [0.4, 0.5) is 5.69 Å². The van der Waals surface area contributed by atoms with Gasteiger partial charge in [0.2, 0.25) is 0 Å². The molecule has 0 saturated carbocycles. The van der Waals surface area contributed by atoms with Gasteiger partial charge in [0.15, 0.2) is 0 Å². The molecule has 4 rings (SSSR count). The van der Waals surface area contributed by atoms with Gasteiger partial charge >= 0.3 is 0 Å². The number of benzene rings is 1. The molecule has 0 radical (unpaired) electrons. The van der Waals surface area contributed by atoms with Gasteiger partial charge in [-0.2, -0.15) is 0 Å². The van der Waals surface area contributed by atoms with Crippen molar-refractivity contribution in [2.75, 3.05) is 6.54 Å². The molecule has 0 amide bonds. The minimum Gasteiger partial charge on any atom is -0.388 e. The van der Waals surface area contributed by atoms with E-state index in [1.54, 1.807) is 0 Å². The molecule has 1 N–H and O–H groups in total. The quantitative estimate of drug-likeness (QED) is 0.732. The van der Waals surface area contributed by atoms with Gasteiger partial charge < -0.3 is 5.32 Å². The Morgan fingerprint density at radius 2 is 2.06 bits per heavy atom. The number of nitrogens with zero attached hydrogens (tertiary/aromatic N) is 1. The number of nitrogens with one attached hydrogen (secondary N) is 1. The molecule has 3 aliphatic rings. The first kappa shape index (κ1) is 10.4. The summed E-state index contributed by atoms with van der Waals surface area (Å²) in [4.78, 5) is 4.81. The standard InChI is InChI=1S/C16H18N2/c1-2-7-13-12(6-1)15-14(18-13)9-8-11-5-3-4-10-17-16(11)15/h1-2,6-7,11,17H,3-5,8-10H2. The highest BCUT2D eigenvalue weighted by Gasteiger charge is 2.32. The molecular weight excluding hydrogens is 220 g/mol. The zero-order chi connectivity index (χ0) is 11.9. The summed E-state index contributed by atoms with van der Waals surface area (Å²) in [5, 5.41) is 3.69. The van der Waals surface area contributed by atoms with Crippen LogP contribution in [0.5, 0.6) is 0 Å². The topological polar surface area (TPSA) is 24.4 Å². The van der Waals surface area contributed by atoms with Crippen LogP contribution in [-0.2, 0) is 0 Å². The van der Waals surface area contributed by atoms with Gasteiger partial charge in [-0.05, 0) is 37.7 Å².